The summed E-state index contributed by atoms with van der Waals surface area (Å²) in [6, 6.07) is 0.0975. The van der Waals surface area contributed by atoms with Gasteiger partial charge in [-0.25, -0.2) is 9.97 Å². The molecule has 2 unspecified atom stereocenters. The van der Waals surface area contributed by atoms with Crippen LogP contribution >= 0.6 is 0 Å². The van der Waals surface area contributed by atoms with Crippen molar-refractivity contribution in [3.05, 3.63) is 11.4 Å². The maximum absolute atomic E-state index is 10.3. The molecular weight excluding hydrogens is 264 g/mol. The van der Waals surface area contributed by atoms with E-state index in [0.717, 1.165) is 55.3 Å². The van der Waals surface area contributed by atoms with Crippen LogP contribution in [-0.2, 0) is 6.42 Å². The van der Waals surface area contributed by atoms with Gasteiger partial charge in [0.1, 0.15) is 17.5 Å². The molecule has 1 aliphatic carbocycles. The van der Waals surface area contributed by atoms with E-state index >= 15 is 0 Å². The number of nitrogens with one attached hydrogen (secondary N) is 2. The Morgan fingerprint density at radius 2 is 1.81 bits per heavy atom. The first-order valence-electron chi connectivity index (χ1n) is 8.21. The van der Waals surface area contributed by atoms with Crippen molar-refractivity contribution < 1.29 is 5.11 Å². The molecule has 0 radical (unpaired) electrons. The molecule has 2 rings (SSSR count). The lowest BCUT2D eigenvalue weighted by Crippen LogP contribution is -2.33. The van der Waals surface area contributed by atoms with Crippen LogP contribution in [-0.4, -0.2) is 33.8 Å². The Labute approximate surface area is 127 Å². The number of rotatable bonds is 5. The van der Waals surface area contributed by atoms with Crippen LogP contribution in [0, 0.1) is 6.92 Å². The lowest BCUT2D eigenvalue weighted by atomic mass is 10.1. The zero-order valence-corrected chi connectivity index (χ0v) is 13.4. The smallest absolute Gasteiger partial charge is 0.135 e. The molecule has 0 aliphatic heterocycles. The molecule has 5 heteroatoms. The third-order valence-electron chi connectivity index (χ3n) is 4.15. The SMILES string of the molecule is CCNc1nc(CC)nc(NC2CCCCCC2O)c1C. The molecule has 0 spiro atoms. The third kappa shape index (κ3) is 4.06. The highest BCUT2D eigenvalue weighted by Gasteiger charge is 2.23. The van der Waals surface area contributed by atoms with Crippen molar-refractivity contribution in [1.82, 2.24) is 9.97 Å². The van der Waals surface area contributed by atoms with Gasteiger partial charge < -0.3 is 15.7 Å². The molecular formula is C16H28N4O. The Balaban J connectivity index is 2.22. The molecule has 0 saturated heterocycles. The second kappa shape index (κ2) is 7.59. The predicted molar refractivity (Wildman–Crippen MR) is 86.8 cm³/mol. The van der Waals surface area contributed by atoms with Gasteiger partial charge in [0.2, 0.25) is 0 Å². The van der Waals surface area contributed by atoms with Crippen molar-refractivity contribution in [3.63, 3.8) is 0 Å². The Bertz CT molecular complexity index is 464. The zero-order chi connectivity index (χ0) is 15.2. The summed E-state index contributed by atoms with van der Waals surface area (Å²) in [6.07, 6.45) is 5.89. The molecule has 1 aliphatic rings. The van der Waals surface area contributed by atoms with E-state index < -0.39 is 0 Å². The minimum absolute atomic E-state index is 0.0975. The molecule has 1 fully saturated rings. The fourth-order valence-corrected chi connectivity index (χ4v) is 2.83. The fraction of sp³-hybridized carbons (Fsp3) is 0.750. The van der Waals surface area contributed by atoms with E-state index in [2.05, 4.69) is 34.4 Å². The first-order chi connectivity index (χ1) is 10.2. The maximum atomic E-state index is 10.3. The summed E-state index contributed by atoms with van der Waals surface area (Å²) in [5.41, 5.74) is 1.03. The summed E-state index contributed by atoms with van der Waals surface area (Å²) >= 11 is 0. The van der Waals surface area contributed by atoms with Crippen molar-refractivity contribution >= 4 is 11.6 Å². The molecule has 1 heterocycles. The number of hydrogen-bond donors (Lipinski definition) is 3. The van der Waals surface area contributed by atoms with E-state index in [9.17, 15) is 5.11 Å². The van der Waals surface area contributed by atoms with Crippen LogP contribution in [0.3, 0.4) is 0 Å². The van der Waals surface area contributed by atoms with Gasteiger partial charge >= 0.3 is 0 Å². The summed E-state index contributed by atoms with van der Waals surface area (Å²) in [7, 11) is 0. The lowest BCUT2D eigenvalue weighted by Gasteiger charge is -2.24. The number of anilines is 2. The number of aliphatic hydroxyl groups excluding tert-OH is 1. The van der Waals surface area contributed by atoms with Gasteiger partial charge in [-0.15, -0.1) is 0 Å². The molecule has 1 saturated carbocycles. The summed E-state index contributed by atoms with van der Waals surface area (Å²) in [6.45, 7) is 7.00. The molecule has 2 atom stereocenters. The van der Waals surface area contributed by atoms with Gasteiger partial charge in [0.25, 0.3) is 0 Å². The number of aliphatic hydroxyl groups is 1. The molecule has 1 aromatic heterocycles. The first kappa shape index (κ1) is 16.0. The van der Waals surface area contributed by atoms with Crippen LogP contribution in [0.15, 0.2) is 0 Å². The van der Waals surface area contributed by atoms with E-state index in [0.29, 0.717) is 0 Å². The standard InChI is InChI=1S/C16H28N4O/c1-4-14-19-15(17-5-2)11(3)16(20-14)18-12-9-7-6-8-10-13(12)21/h12-13,21H,4-10H2,1-3H3,(H2,17,18,19,20). The fourth-order valence-electron chi connectivity index (χ4n) is 2.83. The van der Waals surface area contributed by atoms with Crippen molar-refractivity contribution in [3.8, 4) is 0 Å². The van der Waals surface area contributed by atoms with Crippen LogP contribution in [0.4, 0.5) is 11.6 Å². The van der Waals surface area contributed by atoms with Crippen LogP contribution in [0.25, 0.3) is 0 Å². The van der Waals surface area contributed by atoms with Crippen LogP contribution < -0.4 is 10.6 Å². The highest BCUT2D eigenvalue weighted by molar-refractivity contribution is 5.57. The minimum Gasteiger partial charge on any atom is -0.391 e. The van der Waals surface area contributed by atoms with Crippen LogP contribution in [0.1, 0.15) is 57.3 Å². The van der Waals surface area contributed by atoms with Crippen molar-refractivity contribution in [2.75, 3.05) is 17.2 Å². The van der Waals surface area contributed by atoms with Crippen molar-refractivity contribution in [1.29, 1.82) is 0 Å². The monoisotopic (exact) mass is 292 g/mol. The Morgan fingerprint density at radius 3 is 2.52 bits per heavy atom. The molecule has 118 valence electrons. The van der Waals surface area contributed by atoms with Gasteiger partial charge in [-0.2, -0.15) is 0 Å². The van der Waals surface area contributed by atoms with Crippen LogP contribution in [0.5, 0.6) is 0 Å². The van der Waals surface area contributed by atoms with Gasteiger partial charge in [-0.1, -0.05) is 26.2 Å². The third-order valence-corrected chi connectivity index (χ3v) is 4.15. The van der Waals surface area contributed by atoms with E-state index in [1.165, 1.54) is 12.8 Å². The average molecular weight is 292 g/mol. The maximum Gasteiger partial charge on any atom is 0.135 e. The average Bonchev–Trinajstić information content (AvgIpc) is 2.68. The second-order valence-corrected chi connectivity index (χ2v) is 5.80. The van der Waals surface area contributed by atoms with Gasteiger partial charge in [-0.3, -0.25) is 0 Å². The zero-order valence-electron chi connectivity index (χ0n) is 13.4. The molecule has 0 aromatic carbocycles. The Kier molecular flexibility index (Phi) is 5.79. The van der Waals surface area contributed by atoms with Gasteiger partial charge in [0, 0.05) is 18.5 Å². The highest BCUT2D eigenvalue weighted by atomic mass is 16.3. The summed E-state index contributed by atoms with van der Waals surface area (Å²) < 4.78 is 0. The molecule has 5 nitrogen and oxygen atoms in total. The van der Waals surface area contributed by atoms with Gasteiger partial charge in [-0.05, 0) is 26.7 Å². The van der Waals surface area contributed by atoms with E-state index in [-0.39, 0.29) is 12.1 Å². The number of hydrogen-bond acceptors (Lipinski definition) is 5. The van der Waals surface area contributed by atoms with E-state index in [4.69, 9.17) is 0 Å². The van der Waals surface area contributed by atoms with Crippen LogP contribution in [0.2, 0.25) is 0 Å². The number of aromatic nitrogens is 2. The van der Waals surface area contributed by atoms with E-state index in [1.54, 1.807) is 0 Å². The summed E-state index contributed by atoms with van der Waals surface area (Å²) in [4.78, 5) is 9.17. The highest BCUT2D eigenvalue weighted by Crippen LogP contribution is 2.25. The molecule has 0 bridgehead atoms. The molecule has 0 amide bonds. The normalized spacial score (nSPS) is 22.7. The number of aryl methyl sites for hydroxylation is 1. The van der Waals surface area contributed by atoms with Gasteiger partial charge in [0.15, 0.2) is 0 Å². The largest absolute Gasteiger partial charge is 0.391 e. The predicted octanol–water partition coefficient (Wildman–Crippen LogP) is 2.88. The number of nitrogens with zero attached hydrogens (tertiary/aromatic N) is 2. The Morgan fingerprint density at radius 1 is 1.10 bits per heavy atom. The Hall–Kier alpha value is -1.36. The molecule has 1 aromatic rings. The minimum atomic E-state index is -0.283. The summed E-state index contributed by atoms with van der Waals surface area (Å²) in [5, 5.41) is 17.0. The van der Waals surface area contributed by atoms with E-state index in [1.807, 2.05) is 6.92 Å². The summed E-state index contributed by atoms with van der Waals surface area (Å²) in [5.74, 6) is 2.60. The first-order valence-corrected chi connectivity index (χ1v) is 8.21. The lowest BCUT2D eigenvalue weighted by molar-refractivity contribution is 0.144. The topological polar surface area (TPSA) is 70.1 Å². The van der Waals surface area contributed by atoms with Crippen molar-refractivity contribution in [2.45, 2.75) is 71.4 Å². The molecule has 3 N–H and O–H groups in total. The second-order valence-electron chi connectivity index (χ2n) is 5.80. The van der Waals surface area contributed by atoms with Gasteiger partial charge in [0.05, 0.1) is 12.1 Å². The molecule has 21 heavy (non-hydrogen) atoms. The van der Waals surface area contributed by atoms with Crippen molar-refractivity contribution in [2.24, 2.45) is 0 Å². The quantitative estimate of drug-likeness (QED) is 0.728.